The van der Waals surface area contributed by atoms with Crippen LogP contribution in [0.25, 0.3) is 11.3 Å². The number of carbonyl (C=O) groups is 1. The number of aromatic nitrogens is 2. The molecule has 0 aliphatic heterocycles. The zero-order chi connectivity index (χ0) is 14.8. The van der Waals surface area contributed by atoms with Crippen LogP contribution in [-0.4, -0.2) is 27.9 Å². The fourth-order valence-electron chi connectivity index (χ4n) is 1.89. The maximum atomic E-state index is 10.9. The molecule has 1 aromatic carbocycles. The van der Waals surface area contributed by atoms with Crippen molar-refractivity contribution in [2.45, 2.75) is 12.8 Å². The highest BCUT2D eigenvalue weighted by Crippen LogP contribution is 2.33. The van der Waals surface area contributed by atoms with Gasteiger partial charge in [-0.1, -0.05) is 11.6 Å². The van der Waals surface area contributed by atoms with Gasteiger partial charge < -0.3 is 9.84 Å². The van der Waals surface area contributed by atoms with Crippen LogP contribution in [0, 0.1) is 5.92 Å². The van der Waals surface area contributed by atoms with Gasteiger partial charge in [-0.05, 0) is 43.0 Å². The lowest BCUT2D eigenvalue weighted by Crippen LogP contribution is -2.00. The van der Waals surface area contributed by atoms with Crippen molar-refractivity contribution in [1.82, 2.24) is 10.2 Å². The summed E-state index contributed by atoms with van der Waals surface area (Å²) in [6, 6.07) is 6.74. The number of rotatable bonds is 5. The Labute approximate surface area is 126 Å². The number of ether oxygens (including phenoxy) is 1. The van der Waals surface area contributed by atoms with E-state index in [1.165, 1.54) is 25.1 Å². The first-order chi connectivity index (χ1) is 10.1. The van der Waals surface area contributed by atoms with Gasteiger partial charge in [-0.25, -0.2) is 4.79 Å². The maximum absolute atomic E-state index is 10.9. The lowest BCUT2D eigenvalue weighted by molar-refractivity contribution is 0.0696. The predicted molar refractivity (Wildman–Crippen MR) is 77.7 cm³/mol. The molecular weight excluding hydrogens is 292 g/mol. The summed E-state index contributed by atoms with van der Waals surface area (Å²) < 4.78 is 5.65. The molecule has 5 nitrogen and oxygen atoms in total. The molecule has 1 aliphatic rings. The summed E-state index contributed by atoms with van der Waals surface area (Å²) in [6.45, 7) is 0.688. The molecule has 3 rings (SSSR count). The van der Waals surface area contributed by atoms with Crippen LogP contribution in [0.15, 0.2) is 30.5 Å². The minimum atomic E-state index is -1.04. The molecule has 0 unspecified atom stereocenters. The molecule has 1 N–H and O–H groups in total. The summed E-state index contributed by atoms with van der Waals surface area (Å²) in [5, 5.41) is 17.1. The van der Waals surface area contributed by atoms with Gasteiger partial charge in [-0.15, -0.1) is 0 Å². The third-order valence-corrected chi connectivity index (χ3v) is 3.60. The lowest BCUT2D eigenvalue weighted by Gasteiger charge is -2.09. The van der Waals surface area contributed by atoms with E-state index >= 15 is 0 Å². The smallest absolute Gasteiger partial charge is 0.337 e. The summed E-state index contributed by atoms with van der Waals surface area (Å²) in [7, 11) is 0. The van der Waals surface area contributed by atoms with Crippen molar-refractivity contribution in [3.63, 3.8) is 0 Å². The Morgan fingerprint density at radius 1 is 1.38 bits per heavy atom. The van der Waals surface area contributed by atoms with Gasteiger partial charge in [0.1, 0.15) is 5.75 Å². The van der Waals surface area contributed by atoms with Crippen molar-refractivity contribution in [2.24, 2.45) is 5.92 Å². The molecule has 1 fully saturated rings. The summed E-state index contributed by atoms with van der Waals surface area (Å²) >= 11 is 6.20. The van der Waals surface area contributed by atoms with Gasteiger partial charge in [0.15, 0.2) is 0 Å². The summed E-state index contributed by atoms with van der Waals surface area (Å²) in [5.41, 5.74) is 1.25. The monoisotopic (exact) mass is 304 g/mol. The Balaban J connectivity index is 1.83. The maximum Gasteiger partial charge on any atom is 0.337 e. The summed E-state index contributed by atoms with van der Waals surface area (Å²) in [6.07, 6.45) is 3.64. The van der Waals surface area contributed by atoms with E-state index in [-0.39, 0.29) is 5.56 Å². The van der Waals surface area contributed by atoms with E-state index in [0.717, 1.165) is 0 Å². The second kappa shape index (κ2) is 5.69. The lowest BCUT2D eigenvalue weighted by atomic mass is 10.1. The van der Waals surface area contributed by atoms with Gasteiger partial charge >= 0.3 is 5.97 Å². The number of carboxylic acids is 1. The van der Waals surface area contributed by atoms with Crippen LogP contribution in [0.1, 0.15) is 23.2 Å². The SMILES string of the molecule is O=C(O)c1cnnc(-c2ccc(OCC3CC3)c(Cl)c2)c1. The standard InChI is InChI=1S/C15H13ClN2O3/c16-12-5-10(3-4-14(12)21-8-9-1-2-9)13-6-11(15(19)20)7-17-18-13/h3-7,9H,1-2,8H2,(H,19,20). The fourth-order valence-corrected chi connectivity index (χ4v) is 2.13. The molecule has 1 heterocycles. The molecule has 1 aliphatic carbocycles. The van der Waals surface area contributed by atoms with Crippen LogP contribution in [0.3, 0.4) is 0 Å². The molecule has 2 aromatic rings. The Kier molecular flexibility index (Phi) is 3.75. The van der Waals surface area contributed by atoms with E-state index in [2.05, 4.69) is 10.2 Å². The number of hydrogen-bond acceptors (Lipinski definition) is 4. The first-order valence-corrected chi connectivity index (χ1v) is 7.00. The van der Waals surface area contributed by atoms with Gasteiger partial charge in [-0.2, -0.15) is 10.2 Å². The fraction of sp³-hybridized carbons (Fsp3) is 0.267. The van der Waals surface area contributed by atoms with Gasteiger partial charge in [0, 0.05) is 5.56 Å². The molecular formula is C15H13ClN2O3. The van der Waals surface area contributed by atoms with Crippen molar-refractivity contribution >= 4 is 17.6 Å². The highest BCUT2D eigenvalue weighted by atomic mass is 35.5. The number of benzene rings is 1. The molecule has 108 valence electrons. The quantitative estimate of drug-likeness (QED) is 0.917. The van der Waals surface area contributed by atoms with Crippen LogP contribution in [-0.2, 0) is 0 Å². The number of hydrogen-bond donors (Lipinski definition) is 1. The predicted octanol–water partition coefficient (Wildman–Crippen LogP) is 3.28. The zero-order valence-electron chi connectivity index (χ0n) is 11.1. The van der Waals surface area contributed by atoms with Crippen LogP contribution < -0.4 is 4.74 Å². The molecule has 1 aromatic heterocycles. The second-order valence-corrected chi connectivity index (χ2v) is 5.44. The van der Waals surface area contributed by atoms with E-state index in [4.69, 9.17) is 21.4 Å². The Morgan fingerprint density at radius 2 is 2.19 bits per heavy atom. The van der Waals surface area contributed by atoms with Crippen LogP contribution >= 0.6 is 11.6 Å². The van der Waals surface area contributed by atoms with Gasteiger partial charge in [0.2, 0.25) is 0 Å². The third-order valence-electron chi connectivity index (χ3n) is 3.30. The highest BCUT2D eigenvalue weighted by molar-refractivity contribution is 6.32. The summed E-state index contributed by atoms with van der Waals surface area (Å²) in [5.74, 6) is 0.246. The van der Waals surface area contributed by atoms with Crippen molar-refractivity contribution in [2.75, 3.05) is 6.61 Å². The zero-order valence-corrected chi connectivity index (χ0v) is 11.9. The van der Waals surface area contributed by atoms with Gasteiger partial charge in [0.05, 0.1) is 29.1 Å². The Morgan fingerprint density at radius 3 is 2.86 bits per heavy atom. The minimum Gasteiger partial charge on any atom is -0.492 e. The van der Waals surface area contributed by atoms with E-state index in [1.807, 2.05) is 0 Å². The number of carboxylic acid groups (broad SMARTS) is 1. The van der Waals surface area contributed by atoms with E-state index < -0.39 is 5.97 Å². The third kappa shape index (κ3) is 3.31. The van der Waals surface area contributed by atoms with Crippen molar-refractivity contribution < 1.29 is 14.6 Å². The molecule has 0 amide bonds. The highest BCUT2D eigenvalue weighted by Gasteiger charge is 2.22. The van der Waals surface area contributed by atoms with Crippen LogP contribution in [0.5, 0.6) is 5.75 Å². The Hall–Kier alpha value is -2.14. The first kappa shape index (κ1) is 13.8. The molecule has 0 radical (unpaired) electrons. The second-order valence-electron chi connectivity index (χ2n) is 5.03. The average molecular weight is 305 g/mol. The van der Waals surface area contributed by atoms with E-state index in [1.54, 1.807) is 18.2 Å². The van der Waals surface area contributed by atoms with Gasteiger partial charge in [0.25, 0.3) is 0 Å². The van der Waals surface area contributed by atoms with E-state index in [0.29, 0.717) is 34.6 Å². The van der Waals surface area contributed by atoms with Crippen molar-refractivity contribution in [3.8, 4) is 17.0 Å². The molecule has 21 heavy (non-hydrogen) atoms. The molecule has 0 atom stereocenters. The van der Waals surface area contributed by atoms with Gasteiger partial charge in [-0.3, -0.25) is 0 Å². The Bertz CT molecular complexity index is 686. The molecule has 1 saturated carbocycles. The van der Waals surface area contributed by atoms with Crippen LogP contribution in [0.2, 0.25) is 5.02 Å². The molecule has 6 heteroatoms. The minimum absolute atomic E-state index is 0.0881. The molecule has 0 spiro atoms. The number of aromatic carboxylic acids is 1. The largest absolute Gasteiger partial charge is 0.492 e. The summed E-state index contributed by atoms with van der Waals surface area (Å²) in [4.78, 5) is 10.9. The number of nitrogens with zero attached hydrogens (tertiary/aromatic N) is 2. The van der Waals surface area contributed by atoms with E-state index in [9.17, 15) is 4.79 Å². The first-order valence-electron chi connectivity index (χ1n) is 6.62. The molecule has 0 saturated heterocycles. The average Bonchev–Trinajstić information content (AvgIpc) is 3.30. The van der Waals surface area contributed by atoms with Crippen LogP contribution in [0.4, 0.5) is 0 Å². The number of halogens is 1. The molecule has 0 bridgehead atoms. The van der Waals surface area contributed by atoms with Crippen molar-refractivity contribution in [3.05, 3.63) is 41.0 Å². The van der Waals surface area contributed by atoms with Crippen molar-refractivity contribution in [1.29, 1.82) is 0 Å². The normalized spacial score (nSPS) is 14.0. The topological polar surface area (TPSA) is 72.3 Å².